The molecule has 0 saturated carbocycles. The van der Waals surface area contributed by atoms with Gasteiger partial charge in [0.25, 0.3) is 0 Å². The Hall–Kier alpha value is -2.22. The van der Waals surface area contributed by atoms with Crippen molar-refractivity contribution in [2.75, 3.05) is 0 Å². The highest BCUT2D eigenvalue weighted by Crippen LogP contribution is 2.38. The summed E-state index contributed by atoms with van der Waals surface area (Å²) in [5, 5.41) is 0. The van der Waals surface area contributed by atoms with E-state index in [1.54, 1.807) is 0 Å². The molecule has 0 bridgehead atoms. The molecule has 1 heterocycles. The van der Waals surface area contributed by atoms with Crippen LogP contribution in [0.4, 0.5) is 0 Å². The summed E-state index contributed by atoms with van der Waals surface area (Å²) in [6, 6.07) is 19.2. The minimum absolute atomic E-state index is 0.0742. The molecule has 0 atom stereocenters. The maximum absolute atomic E-state index is 11.9. The van der Waals surface area contributed by atoms with E-state index in [2.05, 4.69) is 11.2 Å². The van der Waals surface area contributed by atoms with Gasteiger partial charge in [-0.15, -0.1) is 0 Å². The Morgan fingerprint density at radius 3 is 1.59 bits per heavy atom. The summed E-state index contributed by atoms with van der Waals surface area (Å²) < 4.78 is 0. The lowest BCUT2D eigenvalue weighted by Crippen LogP contribution is -2.43. The van der Waals surface area contributed by atoms with Crippen LogP contribution in [0.2, 0.25) is 0 Å². The van der Waals surface area contributed by atoms with Crippen LogP contribution in [0.1, 0.15) is 11.1 Å². The average molecular weight is 220 g/mol. The van der Waals surface area contributed by atoms with E-state index in [4.69, 9.17) is 0 Å². The Morgan fingerprint density at radius 1 is 0.824 bits per heavy atom. The van der Waals surface area contributed by atoms with Gasteiger partial charge in [0.2, 0.25) is 0 Å². The van der Waals surface area contributed by atoms with Gasteiger partial charge in [0.15, 0.2) is 0 Å². The first-order valence-electron chi connectivity index (χ1n) is 5.47. The monoisotopic (exact) mass is 220 g/mol. The summed E-state index contributed by atoms with van der Waals surface area (Å²) in [5.41, 5.74) is 0.938. The van der Waals surface area contributed by atoms with Crippen LogP contribution in [0, 0.1) is 0 Å². The summed E-state index contributed by atoms with van der Waals surface area (Å²) >= 11 is 0. The number of carbonyl (C=O) groups is 1. The summed E-state index contributed by atoms with van der Waals surface area (Å²) in [6.07, 6.45) is 2.48. The Bertz CT molecular complexity index is 533. The molecule has 0 amide bonds. The molecule has 1 aliphatic heterocycles. The van der Waals surface area contributed by atoms with Crippen molar-refractivity contribution in [3.63, 3.8) is 0 Å². The zero-order chi connectivity index (χ0) is 11.7. The molecule has 2 heteroatoms. The van der Waals surface area contributed by atoms with Crippen LogP contribution < -0.4 is 0 Å². The smallest absolute Gasteiger partial charge is 0.105 e. The van der Waals surface area contributed by atoms with Crippen molar-refractivity contribution >= 4 is 12.0 Å². The molecule has 2 aromatic rings. The van der Waals surface area contributed by atoms with E-state index in [9.17, 15) is 4.79 Å². The van der Waals surface area contributed by atoms with Gasteiger partial charge in [-0.3, -0.25) is 0 Å². The predicted octanol–water partition coefficient (Wildman–Crippen LogP) is 2.46. The number of rotatable bonds is 2. The molecule has 0 radical (unpaired) electrons. The van der Waals surface area contributed by atoms with E-state index in [0.29, 0.717) is 0 Å². The molecule has 0 spiro atoms. The van der Waals surface area contributed by atoms with Crippen molar-refractivity contribution in [2.45, 2.75) is 5.54 Å². The molecule has 82 valence electrons. The Labute approximate surface area is 99.6 Å². The van der Waals surface area contributed by atoms with Crippen LogP contribution in [0.25, 0.3) is 0 Å². The molecule has 2 nitrogen and oxygen atoms in total. The van der Waals surface area contributed by atoms with Crippen molar-refractivity contribution < 1.29 is 4.79 Å². The second-order valence-electron chi connectivity index (χ2n) is 4.00. The molecule has 0 fully saturated rings. The number of nitrogens with zero attached hydrogens (tertiary/aromatic N) is 1. The van der Waals surface area contributed by atoms with Gasteiger partial charge in [-0.1, -0.05) is 60.7 Å². The average Bonchev–Trinajstić information content (AvgIpc) is 2.40. The van der Waals surface area contributed by atoms with Crippen molar-refractivity contribution in [3.8, 4) is 0 Å². The molecule has 0 N–H and O–H groups in total. The first kappa shape index (κ1) is 9.97. The van der Waals surface area contributed by atoms with Gasteiger partial charge < -0.3 is 16.0 Å². The molecule has 0 saturated heterocycles. The molecule has 0 aromatic heterocycles. The highest BCUT2D eigenvalue weighted by molar-refractivity contribution is 6.38. The van der Waals surface area contributed by atoms with E-state index >= 15 is 0 Å². The second kappa shape index (κ2) is 3.67. The van der Waals surface area contributed by atoms with Crippen molar-refractivity contribution in [3.05, 3.63) is 71.8 Å². The first-order chi connectivity index (χ1) is 8.34. The Morgan fingerprint density at radius 2 is 1.29 bits per heavy atom. The summed E-state index contributed by atoms with van der Waals surface area (Å²) in [4.78, 5) is 16.2. The predicted molar refractivity (Wildman–Crippen MR) is 66.1 cm³/mol. The van der Waals surface area contributed by atoms with Gasteiger partial charge in [0, 0.05) is 5.78 Å². The van der Waals surface area contributed by atoms with Gasteiger partial charge in [-0.25, -0.2) is 0 Å². The van der Waals surface area contributed by atoms with Crippen molar-refractivity contribution in [1.29, 1.82) is 0 Å². The van der Waals surface area contributed by atoms with Crippen LogP contribution in [0.5, 0.6) is 0 Å². The lowest BCUT2D eigenvalue weighted by atomic mass is 9.77. The molecular weight excluding hydrogens is 210 g/mol. The zero-order valence-electron chi connectivity index (χ0n) is 9.13. The van der Waals surface area contributed by atoms with Crippen LogP contribution in [-0.4, -0.2) is 12.0 Å². The minimum Gasteiger partial charge on any atom is -0.479 e. The van der Waals surface area contributed by atoms with E-state index in [0.717, 1.165) is 11.1 Å². The van der Waals surface area contributed by atoms with Gasteiger partial charge in [-0.05, 0) is 11.1 Å². The third kappa shape index (κ3) is 1.34. The van der Waals surface area contributed by atoms with Gasteiger partial charge >= 0.3 is 0 Å². The number of Topliss-reactive ketones (excluding diaryl/α,β-unsaturated/α-hetero) is 1. The minimum atomic E-state index is -0.859. The molecular formula is C15H10NO-. The molecule has 3 rings (SSSR count). The highest BCUT2D eigenvalue weighted by Gasteiger charge is 2.36. The standard InChI is InChI=1S/C15H10NO/c17-14-11-16-15(14,12-7-3-1-4-8-12)13-9-5-2-6-10-13/h1-10H/q-1. The van der Waals surface area contributed by atoms with E-state index in [1.165, 1.54) is 0 Å². The van der Waals surface area contributed by atoms with Crippen LogP contribution in [0.3, 0.4) is 0 Å². The van der Waals surface area contributed by atoms with E-state index < -0.39 is 5.54 Å². The van der Waals surface area contributed by atoms with Gasteiger partial charge in [-0.2, -0.15) is 0 Å². The Kier molecular flexibility index (Phi) is 2.15. The largest absolute Gasteiger partial charge is 0.479 e. The van der Waals surface area contributed by atoms with E-state index in [-0.39, 0.29) is 5.78 Å². The maximum Gasteiger partial charge on any atom is 0.105 e. The molecule has 0 aliphatic carbocycles. The number of hydrogen-bond donors (Lipinski definition) is 0. The Balaban J connectivity index is 2.20. The number of hydrogen-bond acceptors (Lipinski definition) is 2. The molecule has 0 unspecified atom stereocenters. The fourth-order valence-electron chi connectivity index (χ4n) is 2.13. The second-order valence-corrected chi connectivity index (χ2v) is 4.00. The summed E-state index contributed by atoms with van der Waals surface area (Å²) in [5.74, 6) is -0.0742. The van der Waals surface area contributed by atoms with Gasteiger partial charge in [0.1, 0.15) is 5.54 Å². The van der Waals surface area contributed by atoms with Crippen LogP contribution in [0.15, 0.2) is 65.7 Å². The maximum atomic E-state index is 11.9. The molecule has 1 aliphatic rings. The third-order valence-corrected chi connectivity index (χ3v) is 3.04. The third-order valence-electron chi connectivity index (χ3n) is 3.04. The zero-order valence-corrected chi connectivity index (χ0v) is 9.13. The van der Waals surface area contributed by atoms with E-state index in [1.807, 2.05) is 60.7 Å². The number of carbonyl (C=O) groups excluding carboxylic acids is 1. The summed E-state index contributed by atoms with van der Waals surface area (Å²) in [6.45, 7) is 0. The molecule has 17 heavy (non-hydrogen) atoms. The lowest BCUT2D eigenvalue weighted by Gasteiger charge is -2.44. The topological polar surface area (TPSA) is 29.4 Å². The fourth-order valence-corrected chi connectivity index (χ4v) is 2.13. The number of benzene rings is 2. The molecule has 2 aromatic carbocycles. The van der Waals surface area contributed by atoms with Crippen LogP contribution in [-0.2, 0) is 10.3 Å². The van der Waals surface area contributed by atoms with Crippen molar-refractivity contribution in [1.82, 2.24) is 0 Å². The fraction of sp³-hybridized carbons (Fsp3) is 0.0667. The van der Waals surface area contributed by atoms with Gasteiger partial charge in [0.05, 0.1) is 0 Å². The first-order valence-corrected chi connectivity index (χ1v) is 5.47. The number of ketones is 1. The van der Waals surface area contributed by atoms with Crippen LogP contribution >= 0.6 is 0 Å². The quantitative estimate of drug-likeness (QED) is 0.715. The number of aliphatic imine (C=N–C) groups is 1. The summed E-state index contributed by atoms with van der Waals surface area (Å²) in [7, 11) is 0. The van der Waals surface area contributed by atoms with Crippen molar-refractivity contribution in [2.24, 2.45) is 4.99 Å². The highest BCUT2D eigenvalue weighted by atomic mass is 16.1. The lowest BCUT2D eigenvalue weighted by molar-refractivity contribution is -0.117. The normalized spacial score (nSPS) is 16.6. The SMILES string of the molecule is O=C1[C-]=NC1(c1ccccc1)c1ccccc1.